The van der Waals surface area contributed by atoms with Gasteiger partial charge in [0, 0.05) is 17.3 Å². The van der Waals surface area contributed by atoms with Crippen LogP contribution in [0.4, 0.5) is 18.9 Å². The van der Waals surface area contributed by atoms with Gasteiger partial charge in [-0.3, -0.25) is 4.79 Å². The molecule has 198 valence electrons. The quantitative estimate of drug-likeness (QED) is 0.173. The second kappa shape index (κ2) is 12.3. The number of ether oxygens (including phenoxy) is 1. The van der Waals surface area contributed by atoms with Crippen LogP contribution in [-0.2, 0) is 22.3 Å². The molecular weight excluding hydrogens is 503 g/mol. The van der Waals surface area contributed by atoms with Crippen LogP contribution in [-0.4, -0.2) is 18.5 Å². The number of nitrogens with zero attached hydrogens (tertiary/aromatic N) is 1. The van der Waals surface area contributed by atoms with E-state index in [1.165, 1.54) is 29.2 Å². The van der Waals surface area contributed by atoms with E-state index >= 15 is 0 Å². The van der Waals surface area contributed by atoms with Crippen molar-refractivity contribution in [2.45, 2.75) is 19.6 Å². The summed E-state index contributed by atoms with van der Waals surface area (Å²) >= 11 is 0. The van der Waals surface area contributed by atoms with Gasteiger partial charge in [0.15, 0.2) is 0 Å². The average molecular weight is 530 g/mol. The molecule has 0 saturated heterocycles. The van der Waals surface area contributed by atoms with Gasteiger partial charge in [-0.2, -0.15) is 13.2 Å². The summed E-state index contributed by atoms with van der Waals surface area (Å²) in [7, 11) is 0. The molecule has 0 N–H and O–H groups in total. The first-order valence-corrected chi connectivity index (χ1v) is 12.3. The molecule has 4 rings (SSSR count). The van der Waals surface area contributed by atoms with Crippen LogP contribution in [0.5, 0.6) is 0 Å². The lowest BCUT2D eigenvalue weighted by molar-refractivity contribution is -0.138. The SMILES string of the molecule is CCOC(=O)/C=C/c1ccccc1-c1ccc(N(Cc2ccccc2C(F)(F)F)C(=O)c2ccccc2)cc1. The van der Waals surface area contributed by atoms with Crippen molar-refractivity contribution in [3.05, 3.63) is 131 Å². The van der Waals surface area contributed by atoms with Gasteiger partial charge in [0.25, 0.3) is 5.91 Å². The molecule has 0 radical (unpaired) electrons. The van der Waals surface area contributed by atoms with Crippen LogP contribution in [0.2, 0.25) is 0 Å². The standard InChI is InChI=1S/C32H26F3NO3/c1-2-39-30(37)21-18-23-10-6-8-14-28(23)24-16-19-27(20-17-24)36(31(38)25-11-4-3-5-12-25)22-26-13-7-9-15-29(26)32(33,34)35/h3-21H,2,22H2,1H3/b21-18+. The Hall–Kier alpha value is -4.65. The van der Waals surface area contributed by atoms with E-state index in [1.54, 1.807) is 67.6 Å². The predicted octanol–water partition coefficient (Wildman–Crippen LogP) is 7.80. The van der Waals surface area contributed by atoms with Crippen molar-refractivity contribution >= 4 is 23.6 Å². The highest BCUT2D eigenvalue weighted by Crippen LogP contribution is 2.34. The Kier molecular flexibility index (Phi) is 8.61. The van der Waals surface area contributed by atoms with Gasteiger partial charge in [0.1, 0.15) is 0 Å². The number of alkyl halides is 3. The monoisotopic (exact) mass is 529 g/mol. The first kappa shape index (κ1) is 27.4. The van der Waals surface area contributed by atoms with Crippen LogP contribution in [0.25, 0.3) is 17.2 Å². The summed E-state index contributed by atoms with van der Waals surface area (Å²) in [5.74, 6) is -0.866. The maximum atomic E-state index is 13.7. The summed E-state index contributed by atoms with van der Waals surface area (Å²) in [5.41, 5.74) is 2.46. The third kappa shape index (κ3) is 6.82. The lowest BCUT2D eigenvalue weighted by atomic mass is 9.98. The first-order chi connectivity index (χ1) is 18.8. The summed E-state index contributed by atoms with van der Waals surface area (Å²) in [6.45, 7) is 1.74. The van der Waals surface area contributed by atoms with Crippen LogP contribution in [0.1, 0.15) is 34.0 Å². The van der Waals surface area contributed by atoms with Crippen LogP contribution < -0.4 is 4.90 Å². The Balaban J connectivity index is 1.70. The Morgan fingerprint density at radius 2 is 1.46 bits per heavy atom. The molecule has 39 heavy (non-hydrogen) atoms. The number of anilines is 1. The fourth-order valence-corrected chi connectivity index (χ4v) is 4.20. The number of hydrogen-bond donors (Lipinski definition) is 0. The van der Waals surface area contributed by atoms with Gasteiger partial charge in [-0.25, -0.2) is 4.79 Å². The molecule has 4 aromatic rings. The smallest absolute Gasteiger partial charge is 0.416 e. The number of esters is 1. The molecule has 0 spiro atoms. The van der Waals surface area contributed by atoms with Gasteiger partial charge in [0.2, 0.25) is 0 Å². The Labute approximate surface area is 225 Å². The lowest BCUT2D eigenvalue weighted by Gasteiger charge is -2.25. The van der Waals surface area contributed by atoms with Crippen LogP contribution in [0.3, 0.4) is 0 Å². The number of carbonyl (C=O) groups excluding carboxylic acids is 2. The molecule has 0 aliphatic carbocycles. The fraction of sp³-hybridized carbons (Fsp3) is 0.125. The van der Waals surface area contributed by atoms with E-state index in [1.807, 2.05) is 24.3 Å². The average Bonchev–Trinajstić information content (AvgIpc) is 2.95. The fourth-order valence-electron chi connectivity index (χ4n) is 4.20. The van der Waals surface area contributed by atoms with Crippen LogP contribution in [0, 0.1) is 0 Å². The van der Waals surface area contributed by atoms with Gasteiger partial charge >= 0.3 is 12.1 Å². The second-order valence-corrected chi connectivity index (χ2v) is 8.63. The number of carbonyl (C=O) groups is 2. The lowest BCUT2D eigenvalue weighted by Crippen LogP contribution is -2.31. The minimum atomic E-state index is -4.55. The number of hydrogen-bond acceptors (Lipinski definition) is 3. The topological polar surface area (TPSA) is 46.6 Å². The summed E-state index contributed by atoms with van der Waals surface area (Å²) in [4.78, 5) is 26.6. The van der Waals surface area contributed by atoms with Crippen molar-refractivity contribution in [1.82, 2.24) is 0 Å². The zero-order valence-corrected chi connectivity index (χ0v) is 21.2. The molecule has 0 aromatic heterocycles. The highest BCUT2D eigenvalue weighted by molar-refractivity contribution is 6.06. The molecule has 0 saturated carbocycles. The van der Waals surface area contributed by atoms with Crippen molar-refractivity contribution in [1.29, 1.82) is 0 Å². The van der Waals surface area contributed by atoms with E-state index in [4.69, 9.17) is 4.74 Å². The molecule has 4 nitrogen and oxygen atoms in total. The van der Waals surface area contributed by atoms with Crippen LogP contribution >= 0.6 is 0 Å². The van der Waals surface area contributed by atoms with E-state index in [9.17, 15) is 22.8 Å². The van der Waals surface area contributed by atoms with Crippen molar-refractivity contribution in [3.8, 4) is 11.1 Å². The maximum Gasteiger partial charge on any atom is 0.416 e. The molecule has 0 atom stereocenters. The molecule has 4 aromatic carbocycles. The van der Waals surface area contributed by atoms with Crippen molar-refractivity contribution in [2.75, 3.05) is 11.5 Å². The minimum absolute atomic E-state index is 0.00666. The van der Waals surface area contributed by atoms with Crippen molar-refractivity contribution in [2.24, 2.45) is 0 Å². The summed E-state index contributed by atoms with van der Waals surface area (Å²) < 4.78 is 46.1. The van der Waals surface area contributed by atoms with E-state index in [-0.39, 0.29) is 18.7 Å². The Morgan fingerprint density at radius 3 is 2.15 bits per heavy atom. The molecule has 0 unspecified atom stereocenters. The molecular formula is C32H26F3NO3. The van der Waals surface area contributed by atoms with E-state index in [0.717, 1.165) is 22.8 Å². The van der Waals surface area contributed by atoms with E-state index < -0.39 is 23.6 Å². The highest BCUT2D eigenvalue weighted by atomic mass is 19.4. The molecule has 0 aliphatic rings. The first-order valence-electron chi connectivity index (χ1n) is 12.3. The third-order valence-electron chi connectivity index (χ3n) is 6.05. The largest absolute Gasteiger partial charge is 0.463 e. The van der Waals surface area contributed by atoms with E-state index in [0.29, 0.717) is 11.3 Å². The van der Waals surface area contributed by atoms with Crippen LogP contribution in [0.15, 0.2) is 109 Å². The molecule has 1 amide bonds. The Bertz CT molecular complexity index is 1460. The minimum Gasteiger partial charge on any atom is -0.463 e. The van der Waals surface area contributed by atoms with Gasteiger partial charge in [-0.05, 0) is 65.6 Å². The number of amides is 1. The highest BCUT2D eigenvalue weighted by Gasteiger charge is 2.34. The summed E-state index contributed by atoms with van der Waals surface area (Å²) in [6, 6.07) is 28.2. The Morgan fingerprint density at radius 1 is 0.821 bits per heavy atom. The maximum absolute atomic E-state index is 13.7. The number of halogens is 3. The second-order valence-electron chi connectivity index (χ2n) is 8.63. The zero-order valence-electron chi connectivity index (χ0n) is 21.2. The van der Waals surface area contributed by atoms with Gasteiger partial charge in [-0.15, -0.1) is 0 Å². The third-order valence-corrected chi connectivity index (χ3v) is 6.05. The molecule has 0 fully saturated rings. The van der Waals surface area contributed by atoms with Gasteiger partial charge < -0.3 is 9.64 Å². The van der Waals surface area contributed by atoms with Crippen molar-refractivity contribution < 1.29 is 27.5 Å². The number of rotatable bonds is 8. The molecule has 0 heterocycles. The summed E-state index contributed by atoms with van der Waals surface area (Å²) in [6.07, 6.45) is -1.53. The van der Waals surface area contributed by atoms with E-state index in [2.05, 4.69) is 0 Å². The van der Waals surface area contributed by atoms with Crippen molar-refractivity contribution in [3.63, 3.8) is 0 Å². The number of benzene rings is 4. The van der Waals surface area contributed by atoms with Gasteiger partial charge in [-0.1, -0.05) is 72.8 Å². The zero-order chi connectivity index (χ0) is 27.8. The molecule has 7 heteroatoms. The molecule has 0 bridgehead atoms. The van der Waals surface area contributed by atoms with Gasteiger partial charge in [0.05, 0.1) is 18.7 Å². The molecule has 0 aliphatic heterocycles. The summed E-state index contributed by atoms with van der Waals surface area (Å²) in [5, 5.41) is 0. The normalized spacial score (nSPS) is 11.4. The predicted molar refractivity (Wildman–Crippen MR) is 146 cm³/mol.